The van der Waals surface area contributed by atoms with Crippen molar-refractivity contribution in [1.82, 2.24) is 29.6 Å². The fourth-order valence-electron chi connectivity index (χ4n) is 3.51. The highest BCUT2D eigenvalue weighted by molar-refractivity contribution is 5.76. The van der Waals surface area contributed by atoms with Gasteiger partial charge in [0, 0.05) is 43.2 Å². The lowest BCUT2D eigenvalue weighted by Crippen LogP contribution is -2.42. The van der Waals surface area contributed by atoms with Crippen LogP contribution in [0.1, 0.15) is 29.6 Å². The summed E-state index contributed by atoms with van der Waals surface area (Å²) >= 11 is 0. The largest absolute Gasteiger partial charge is 0.435 e. The Bertz CT molecular complexity index is 1090. The van der Waals surface area contributed by atoms with Gasteiger partial charge in [-0.05, 0) is 25.1 Å². The van der Waals surface area contributed by atoms with E-state index < -0.39 is 18.0 Å². The van der Waals surface area contributed by atoms with E-state index >= 15 is 0 Å². The zero-order chi connectivity index (χ0) is 22.7. The minimum atomic E-state index is -4.51. The number of aromatic nitrogens is 5. The summed E-state index contributed by atoms with van der Waals surface area (Å²) in [6.45, 7) is 2.67. The van der Waals surface area contributed by atoms with Crippen LogP contribution < -0.4 is 0 Å². The molecule has 1 aliphatic rings. The second kappa shape index (κ2) is 9.03. The molecule has 1 saturated heterocycles. The van der Waals surface area contributed by atoms with Crippen molar-refractivity contribution in [2.24, 2.45) is 0 Å². The highest BCUT2D eigenvalue weighted by Gasteiger charge is 2.34. The average Bonchev–Trinajstić information content (AvgIpc) is 3.19. The first-order valence-electron chi connectivity index (χ1n) is 10.0. The third kappa shape index (κ3) is 4.93. The maximum atomic E-state index is 12.8. The first-order chi connectivity index (χ1) is 15.3. The summed E-state index contributed by atoms with van der Waals surface area (Å²) in [5, 5.41) is 3.58. The number of aryl methyl sites for hydroxylation is 2. The number of rotatable bonds is 5. The molecule has 1 aliphatic heterocycles. The summed E-state index contributed by atoms with van der Waals surface area (Å²) in [4.78, 5) is 27.0. The molecule has 3 aromatic rings. The number of morpholine rings is 1. The van der Waals surface area contributed by atoms with Gasteiger partial charge in [-0.3, -0.25) is 9.48 Å². The number of carbonyl (C=O) groups excluding carboxylic acids is 1. The number of nitrogens with zero attached hydrogens (tertiary/aromatic N) is 6. The molecule has 8 nitrogen and oxygen atoms in total. The van der Waals surface area contributed by atoms with Crippen molar-refractivity contribution in [2.75, 3.05) is 19.7 Å². The lowest BCUT2D eigenvalue weighted by Gasteiger charge is -2.33. The molecule has 0 bridgehead atoms. The van der Waals surface area contributed by atoms with Crippen LogP contribution in [0.25, 0.3) is 11.3 Å². The Kier molecular flexibility index (Phi) is 6.17. The van der Waals surface area contributed by atoms with E-state index in [0.29, 0.717) is 36.8 Å². The highest BCUT2D eigenvalue weighted by atomic mass is 19.4. The Labute approximate surface area is 182 Å². The van der Waals surface area contributed by atoms with Gasteiger partial charge in [-0.25, -0.2) is 15.0 Å². The van der Waals surface area contributed by atoms with Crippen molar-refractivity contribution in [2.45, 2.75) is 32.2 Å². The molecule has 32 heavy (non-hydrogen) atoms. The fraction of sp³-hybridized carbons (Fsp3) is 0.381. The van der Waals surface area contributed by atoms with Gasteiger partial charge in [-0.1, -0.05) is 6.07 Å². The van der Waals surface area contributed by atoms with E-state index in [1.54, 1.807) is 17.3 Å². The third-order valence-electron chi connectivity index (χ3n) is 5.19. The lowest BCUT2D eigenvalue weighted by atomic mass is 10.1. The van der Waals surface area contributed by atoms with Crippen LogP contribution in [-0.2, 0) is 22.3 Å². The van der Waals surface area contributed by atoms with Crippen molar-refractivity contribution in [3.8, 4) is 11.3 Å². The van der Waals surface area contributed by atoms with Crippen LogP contribution in [0.3, 0.4) is 0 Å². The van der Waals surface area contributed by atoms with Crippen LogP contribution in [0.5, 0.6) is 0 Å². The molecule has 0 saturated carbocycles. The Morgan fingerprint density at radius 1 is 1.25 bits per heavy atom. The van der Waals surface area contributed by atoms with Gasteiger partial charge >= 0.3 is 6.18 Å². The number of hydrogen-bond donors (Lipinski definition) is 0. The standard InChI is InChI=1S/C21H21F3N6O2/c1-14-9-19(21(22,23)24)28-30(14)6-5-20(31)29-7-8-32-18(12-29)17-4-2-3-16(27-17)15-10-25-13-26-11-15/h2-4,9-11,13,18H,5-8,12H2,1H3/t18-/m0/s1. The minimum Gasteiger partial charge on any atom is -0.368 e. The first-order valence-corrected chi connectivity index (χ1v) is 10.0. The monoisotopic (exact) mass is 446 g/mol. The summed E-state index contributed by atoms with van der Waals surface area (Å²) in [5.74, 6) is -0.172. The molecular formula is C21H21F3N6O2. The van der Waals surface area contributed by atoms with E-state index in [1.165, 1.54) is 17.9 Å². The number of pyridine rings is 1. The molecular weight excluding hydrogens is 425 g/mol. The zero-order valence-electron chi connectivity index (χ0n) is 17.3. The molecule has 0 spiro atoms. The highest BCUT2D eigenvalue weighted by Crippen LogP contribution is 2.28. The maximum absolute atomic E-state index is 12.8. The summed E-state index contributed by atoms with van der Waals surface area (Å²) in [6.07, 6.45) is -0.0984. The van der Waals surface area contributed by atoms with Crippen LogP contribution in [0.2, 0.25) is 0 Å². The molecule has 0 radical (unpaired) electrons. The number of halogens is 3. The van der Waals surface area contributed by atoms with E-state index in [9.17, 15) is 18.0 Å². The molecule has 4 rings (SSSR count). The van der Waals surface area contributed by atoms with E-state index in [-0.39, 0.29) is 18.9 Å². The number of alkyl halides is 3. The average molecular weight is 446 g/mol. The van der Waals surface area contributed by atoms with Gasteiger partial charge in [0.25, 0.3) is 0 Å². The second-order valence-electron chi connectivity index (χ2n) is 7.42. The molecule has 1 fully saturated rings. The molecule has 3 aromatic heterocycles. The second-order valence-corrected chi connectivity index (χ2v) is 7.42. The van der Waals surface area contributed by atoms with Gasteiger partial charge in [0.2, 0.25) is 5.91 Å². The van der Waals surface area contributed by atoms with Gasteiger partial charge in [0.1, 0.15) is 12.4 Å². The van der Waals surface area contributed by atoms with Gasteiger partial charge in [0.05, 0.1) is 24.5 Å². The van der Waals surface area contributed by atoms with Gasteiger partial charge in [0.15, 0.2) is 5.69 Å². The Morgan fingerprint density at radius 2 is 2.03 bits per heavy atom. The van der Waals surface area contributed by atoms with Gasteiger partial charge < -0.3 is 9.64 Å². The zero-order valence-corrected chi connectivity index (χ0v) is 17.3. The predicted octanol–water partition coefficient (Wildman–Crippen LogP) is 3.05. The van der Waals surface area contributed by atoms with Crippen molar-refractivity contribution >= 4 is 5.91 Å². The number of amides is 1. The predicted molar refractivity (Wildman–Crippen MR) is 107 cm³/mol. The SMILES string of the molecule is Cc1cc(C(F)(F)F)nn1CCC(=O)N1CCO[C@H](c2cccc(-c3cncnc3)n2)C1. The van der Waals surface area contributed by atoms with Crippen LogP contribution in [0.15, 0.2) is 43.0 Å². The summed E-state index contributed by atoms with van der Waals surface area (Å²) in [5.41, 5.74) is 1.55. The fourth-order valence-corrected chi connectivity index (χ4v) is 3.51. The van der Waals surface area contributed by atoms with Crippen LogP contribution in [-0.4, -0.2) is 55.2 Å². The molecule has 0 aromatic carbocycles. The normalized spacial score (nSPS) is 16.9. The Morgan fingerprint density at radius 3 is 2.75 bits per heavy atom. The van der Waals surface area contributed by atoms with Crippen molar-refractivity contribution in [3.63, 3.8) is 0 Å². The lowest BCUT2D eigenvalue weighted by molar-refractivity contribution is -0.141. The quantitative estimate of drug-likeness (QED) is 0.599. The molecule has 1 atom stereocenters. The molecule has 11 heteroatoms. The number of carbonyl (C=O) groups is 1. The first kappa shape index (κ1) is 21.9. The summed E-state index contributed by atoms with van der Waals surface area (Å²) in [7, 11) is 0. The number of ether oxygens (including phenoxy) is 1. The van der Waals surface area contributed by atoms with Gasteiger partial charge in [-0.2, -0.15) is 18.3 Å². The third-order valence-corrected chi connectivity index (χ3v) is 5.19. The molecule has 1 amide bonds. The number of hydrogen-bond acceptors (Lipinski definition) is 6. The van der Waals surface area contributed by atoms with Gasteiger partial charge in [-0.15, -0.1) is 0 Å². The topological polar surface area (TPSA) is 86.0 Å². The Balaban J connectivity index is 1.40. The van der Waals surface area contributed by atoms with Crippen molar-refractivity contribution < 1.29 is 22.7 Å². The van der Waals surface area contributed by atoms with Crippen molar-refractivity contribution in [3.05, 3.63) is 60.1 Å². The molecule has 0 aliphatic carbocycles. The van der Waals surface area contributed by atoms with E-state index in [2.05, 4.69) is 20.1 Å². The van der Waals surface area contributed by atoms with Crippen LogP contribution in [0, 0.1) is 6.92 Å². The molecule has 0 unspecified atom stereocenters. The molecule has 4 heterocycles. The van der Waals surface area contributed by atoms with Crippen molar-refractivity contribution in [1.29, 1.82) is 0 Å². The van der Waals surface area contributed by atoms with Crippen LogP contribution >= 0.6 is 0 Å². The van der Waals surface area contributed by atoms with E-state index in [0.717, 1.165) is 11.6 Å². The molecule has 0 N–H and O–H groups in total. The summed E-state index contributed by atoms with van der Waals surface area (Å²) < 4.78 is 45.5. The molecule has 168 valence electrons. The smallest absolute Gasteiger partial charge is 0.368 e. The summed E-state index contributed by atoms with van der Waals surface area (Å²) in [6, 6.07) is 6.51. The van der Waals surface area contributed by atoms with E-state index in [1.807, 2.05) is 18.2 Å². The maximum Gasteiger partial charge on any atom is 0.435 e. The van der Waals surface area contributed by atoms with Crippen LogP contribution in [0.4, 0.5) is 13.2 Å². The Hall–Kier alpha value is -3.34. The minimum absolute atomic E-state index is 0.0430. The van der Waals surface area contributed by atoms with E-state index in [4.69, 9.17) is 4.74 Å².